The van der Waals surface area contributed by atoms with E-state index in [0.717, 1.165) is 25.8 Å². The van der Waals surface area contributed by atoms with E-state index >= 15 is 0 Å². The highest BCUT2D eigenvalue weighted by Crippen LogP contribution is 2.32. The van der Waals surface area contributed by atoms with Gasteiger partial charge in [-0.15, -0.1) is 0 Å². The summed E-state index contributed by atoms with van der Waals surface area (Å²) in [7, 11) is 0. The SMILES string of the molecule is CC(C)C1CCCN1C(=O)C1Cc2ccccc2NC1C. The second-order valence-corrected chi connectivity index (χ2v) is 6.89. The van der Waals surface area contributed by atoms with E-state index in [9.17, 15) is 4.79 Å². The van der Waals surface area contributed by atoms with Gasteiger partial charge in [0.05, 0.1) is 5.92 Å². The second kappa shape index (κ2) is 5.70. The van der Waals surface area contributed by atoms with E-state index in [2.05, 4.69) is 55.3 Å². The summed E-state index contributed by atoms with van der Waals surface area (Å²) in [5, 5.41) is 3.51. The summed E-state index contributed by atoms with van der Waals surface area (Å²) in [6.07, 6.45) is 3.18. The van der Waals surface area contributed by atoms with Gasteiger partial charge < -0.3 is 10.2 Å². The van der Waals surface area contributed by atoms with Crippen LogP contribution >= 0.6 is 0 Å². The average molecular weight is 286 g/mol. The molecule has 0 aromatic heterocycles. The van der Waals surface area contributed by atoms with E-state index in [1.165, 1.54) is 11.3 Å². The molecule has 114 valence electrons. The Morgan fingerprint density at radius 2 is 2.10 bits per heavy atom. The monoisotopic (exact) mass is 286 g/mol. The summed E-state index contributed by atoms with van der Waals surface area (Å²) in [4.78, 5) is 15.2. The number of para-hydroxylation sites is 1. The van der Waals surface area contributed by atoms with Crippen LogP contribution in [0.25, 0.3) is 0 Å². The number of benzene rings is 1. The molecule has 1 fully saturated rings. The fraction of sp³-hybridized carbons (Fsp3) is 0.611. The minimum Gasteiger partial charge on any atom is -0.382 e. The Balaban J connectivity index is 1.79. The van der Waals surface area contributed by atoms with Crippen molar-refractivity contribution in [2.24, 2.45) is 11.8 Å². The lowest BCUT2D eigenvalue weighted by molar-refractivity contribution is -0.137. The Morgan fingerprint density at radius 1 is 1.33 bits per heavy atom. The van der Waals surface area contributed by atoms with E-state index in [1.54, 1.807) is 0 Å². The van der Waals surface area contributed by atoms with Gasteiger partial charge in [-0.1, -0.05) is 32.0 Å². The summed E-state index contributed by atoms with van der Waals surface area (Å²) in [5.41, 5.74) is 2.46. The molecule has 1 aromatic carbocycles. The maximum absolute atomic E-state index is 13.0. The van der Waals surface area contributed by atoms with Crippen molar-refractivity contribution in [1.82, 2.24) is 4.90 Å². The van der Waals surface area contributed by atoms with Crippen molar-refractivity contribution < 1.29 is 4.79 Å². The zero-order valence-corrected chi connectivity index (χ0v) is 13.3. The normalized spacial score (nSPS) is 28.4. The number of fused-ring (bicyclic) bond motifs is 1. The van der Waals surface area contributed by atoms with Crippen LogP contribution in [0.15, 0.2) is 24.3 Å². The third-order valence-corrected chi connectivity index (χ3v) is 5.11. The Bertz CT molecular complexity index is 526. The van der Waals surface area contributed by atoms with Gasteiger partial charge >= 0.3 is 0 Å². The van der Waals surface area contributed by atoms with Gasteiger partial charge in [0.25, 0.3) is 0 Å². The quantitative estimate of drug-likeness (QED) is 0.904. The Labute approximate surface area is 127 Å². The van der Waals surface area contributed by atoms with Gasteiger partial charge in [-0.3, -0.25) is 4.79 Å². The van der Waals surface area contributed by atoms with Crippen LogP contribution in [0, 0.1) is 11.8 Å². The lowest BCUT2D eigenvalue weighted by Crippen LogP contribution is -2.48. The predicted octanol–water partition coefficient (Wildman–Crippen LogP) is 3.31. The number of anilines is 1. The highest BCUT2D eigenvalue weighted by Gasteiger charge is 2.38. The molecule has 1 aromatic rings. The van der Waals surface area contributed by atoms with E-state index in [4.69, 9.17) is 0 Å². The lowest BCUT2D eigenvalue weighted by Gasteiger charge is -2.37. The highest BCUT2D eigenvalue weighted by atomic mass is 16.2. The van der Waals surface area contributed by atoms with E-state index in [0.29, 0.717) is 17.9 Å². The smallest absolute Gasteiger partial charge is 0.228 e. The van der Waals surface area contributed by atoms with Crippen molar-refractivity contribution in [3.05, 3.63) is 29.8 Å². The summed E-state index contributed by atoms with van der Waals surface area (Å²) < 4.78 is 0. The van der Waals surface area contributed by atoms with Crippen LogP contribution in [-0.4, -0.2) is 29.4 Å². The van der Waals surface area contributed by atoms with Gasteiger partial charge in [0, 0.05) is 24.3 Å². The summed E-state index contributed by atoms with van der Waals surface area (Å²) in [6.45, 7) is 7.54. The minimum atomic E-state index is 0.0687. The molecule has 21 heavy (non-hydrogen) atoms. The number of nitrogens with zero attached hydrogens (tertiary/aromatic N) is 1. The first-order valence-electron chi connectivity index (χ1n) is 8.23. The molecular formula is C18H26N2O. The molecule has 0 radical (unpaired) electrons. The molecule has 3 unspecified atom stereocenters. The molecule has 0 aliphatic carbocycles. The highest BCUT2D eigenvalue weighted by molar-refractivity contribution is 5.82. The van der Waals surface area contributed by atoms with Crippen LogP contribution in [0.3, 0.4) is 0 Å². The average Bonchev–Trinajstić information content (AvgIpc) is 2.95. The third kappa shape index (κ3) is 2.66. The van der Waals surface area contributed by atoms with Crippen LogP contribution < -0.4 is 5.32 Å². The van der Waals surface area contributed by atoms with E-state index < -0.39 is 0 Å². The fourth-order valence-electron chi connectivity index (χ4n) is 3.87. The number of carbonyl (C=O) groups excluding carboxylic acids is 1. The first kappa shape index (κ1) is 14.4. The Morgan fingerprint density at radius 3 is 2.86 bits per heavy atom. The molecule has 2 aliphatic rings. The van der Waals surface area contributed by atoms with Crippen molar-refractivity contribution in [2.75, 3.05) is 11.9 Å². The minimum absolute atomic E-state index is 0.0687. The molecule has 0 saturated carbocycles. The van der Waals surface area contributed by atoms with Gasteiger partial charge in [-0.25, -0.2) is 0 Å². The summed E-state index contributed by atoms with van der Waals surface area (Å²) in [6, 6.07) is 9.00. The van der Waals surface area contributed by atoms with Crippen LogP contribution in [0.1, 0.15) is 39.2 Å². The number of hydrogen-bond acceptors (Lipinski definition) is 2. The van der Waals surface area contributed by atoms with Gasteiger partial charge in [-0.2, -0.15) is 0 Å². The van der Waals surface area contributed by atoms with Crippen LogP contribution in [0.2, 0.25) is 0 Å². The van der Waals surface area contributed by atoms with Gasteiger partial charge in [0.1, 0.15) is 0 Å². The van der Waals surface area contributed by atoms with E-state index in [-0.39, 0.29) is 12.0 Å². The molecule has 0 bridgehead atoms. The molecule has 3 rings (SSSR count). The van der Waals surface area contributed by atoms with Crippen molar-refractivity contribution >= 4 is 11.6 Å². The van der Waals surface area contributed by atoms with Crippen molar-refractivity contribution in [3.8, 4) is 0 Å². The Hall–Kier alpha value is -1.51. The number of hydrogen-bond donors (Lipinski definition) is 1. The molecule has 1 amide bonds. The number of carbonyl (C=O) groups is 1. The second-order valence-electron chi connectivity index (χ2n) is 6.89. The molecule has 2 heterocycles. The topological polar surface area (TPSA) is 32.3 Å². The molecule has 1 N–H and O–H groups in total. The number of rotatable bonds is 2. The van der Waals surface area contributed by atoms with Gasteiger partial charge in [0.15, 0.2) is 0 Å². The van der Waals surface area contributed by atoms with Crippen molar-refractivity contribution in [2.45, 2.75) is 52.1 Å². The zero-order chi connectivity index (χ0) is 15.0. The molecule has 2 aliphatic heterocycles. The Kier molecular flexibility index (Phi) is 3.92. The first-order valence-corrected chi connectivity index (χ1v) is 8.23. The number of likely N-dealkylation sites (tertiary alicyclic amines) is 1. The lowest BCUT2D eigenvalue weighted by atomic mass is 9.86. The summed E-state index contributed by atoms with van der Waals surface area (Å²) in [5.74, 6) is 0.968. The third-order valence-electron chi connectivity index (χ3n) is 5.11. The van der Waals surface area contributed by atoms with Gasteiger partial charge in [0.2, 0.25) is 5.91 Å². The fourth-order valence-corrected chi connectivity index (χ4v) is 3.87. The van der Waals surface area contributed by atoms with Crippen molar-refractivity contribution in [1.29, 1.82) is 0 Å². The molecule has 3 nitrogen and oxygen atoms in total. The van der Waals surface area contributed by atoms with Gasteiger partial charge in [-0.05, 0) is 43.7 Å². The molecular weight excluding hydrogens is 260 g/mol. The maximum Gasteiger partial charge on any atom is 0.228 e. The maximum atomic E-state index is 13.0. The zero-order valence-electron chi connectivity index (χ0n) is 13.3. The largest absolute Gasteiger partial charge is 0.382 e. The molecule has 3 atom stereocenters. The first-order chi connectivity index (χ1) is 10.1. The predicted molar refractivity (Wildman–Crippen MR) is 86.3 cm³/mol. The van der Waals surface area contributed by atoms with Crippen molar-refractivity contribution in [3.63, 3.8) is 0 Å². The van der Waals surface area contributed by atoms with Crippen LogP contribution in [0.4, 0.5) is 5.69 Å². The number of amides is 1. The number of nitrogens with one attached hydrogen (secondary N) is 1. The molecule has 1 saturated heterocycles. The molecule has 0 spiro atoms. The van der Waals surface area contributed by atoms with Crippen LogP contribution in [0.5, 0.6) is 0 Å². The van der Waals surface area contributed by atoms with Crippen LogP contribution in [-0.2, 0) is 11.2 Å². The summed E-state index contributed by atoms with van der Waals surface area (Å²) >= 11 is 0. The standard InChI is InChI=1S/C18H26N2O/c1-12(2)17-9-6-10-20(17)18(21)15-11-14-7-4-5-8-16(14)19-13(15)3/h4-5,7-8,12-13,15,17,19H,6,9-11H2,1-3H3. The molecule has 3 heteroatoms. The van der Waals surface area contributed by atoms with E-state index in [1.807, 2.05) is 0 Å².